The van der Waals surface area contributed by atoms with E-state index in [0.717, 1.165) is 16.4 Å². The van der Waals surface area contributed by atoms with E-state index < -0.39 is 43.6 Å². The highest BCUT2D eigenvalue weighted by atomic mass is 32.2. The first-order valence-corrected chi connectivity index (χ1v) is 6.97. The molecule has 20 heavy (non-hydrogen) atoms. The predicted molar refractivity (Wildman–Crippen MR) is 63.8 cm³/mol. The molecule has 8 nitrogen and oxygen atoms in total. The van der Waals surface area contributed by atoms with E-state index in [0.29, 0.717) is 6.07 Å². The molecule has 1 aromatic carbocycles. The number of hydrogen-bond donors (Lipinski definition) is 2. The van der Waals surface area contributed by atoms with Gasteiger partial charge in [0.25, 0.3) is 0 Å². The van der Waals surface area contributed by atoms with E-state index >= 15 is 0 Å². The lowest BCUT2D eigenvalue weighted by Gasteiger charge is -2.15. The maximum Gasteiger partial charge on any atom is 0.304 e. The van der Waals surface area contributed by atoms with Gasteiger partial charge in [0.1, 0.15) is 0 Å². The summed E-state index contributed by atoms with van der Waals surface area (Å²) in [6.45, 7) is -0.635. The maximum absolute atomic E-state index is 13.4. The van der Waals surface area contributed by atoms with Crippen molar-refractivity contribution in [1.82, 2.24) is 4.31 Å². The van der Waals surface area contributed by atoms with E-state index in [1.807, 2.05) is 0 Å². The molecule has 1 saturated heterocycles. The van der Waals surface area contributed by atoms with Crippen LogP contribution in [0.5, 0.6) is 0 Å². The average molecular weight is 306 g/mol. The second-order valence-corrected chi connectivity index (χ2v) is 6.26. The van der Waals surface area contributed by atoms with Crippen molar-refractivity contribution in [3.8, 4) is 0 Å². The summed E-state index contributed by atoms with van der Waals surface area (Å²) in [5.74, 6) is -1.27. The largest absolute Gasteiger partial charge is 0.389 e. The molecule has 2 N–H and O–H groups in total. The van der Waals surface area contributed by atoms with Crippen LogP contribution < -0.4 is 0 Å². The Kier molecular flexibility index (Phi) is 3.73. The predicted octanol–water partition coefficient (Wildman–Crippen LogP) is -0.540. The van der Waals surface area contributed by atoms with Crippen molar-refractivity contribution in [2.24, 2.45) is 0 Å². The van der Waals surface area contributed by atoms with Crippen LogP contribution >= 0.6 is 0 Å². The fourth-order valence-electron chi connectivity index (χ4n) is 1.88. The van der Waals surface area contributed by atoms with Gasteiger partial charge in [-0.15, -0.1) is 0 Å². The minimum atomic E-state index is -4.12. The first-order chi connectivity index (χ1) is 9.23. The molecule has 110 valence electrons. The summed E-state index contributed by atoms with van der Waals surface area (Å²) < 4.78 is 38.5. The summed E-state index contributed by atoms with van der Waals surface area (Å²) in [6.07, 6.45) is -2.43. The minimum absolute atomic E-state index is 0.317. The first kappa shape index (κ1) is 14.8. The van der Waals surface area contributed by atoms with Crippen LogP contribution in [-0.4, -0.2) is 53.2 Å². The normalized spacial score (nSPS) is 23.9. The summed E-state index contributed by atoms with van der Waals surface area (Å²) in [5.41, 5.74) is -0.828. The molecule has 2 atom stereocenters. The standard InChI is InChI=1S/C10H11FN2O6S/c11-7-3-6(1-2-8(7)13(16)17)20(18,19)12-4-9(14)10(15)5-12/h1-3,9-10,14-15H,4-5H2. The molecule has 0 radical (unpaired) electrons. The highest BCUT2D eigenvalue weighted by molar-refractivity contribution is 7.89. The second kappa shape index (κ2) is 5.05. The van der Waals surface area contributed by atoms with Crippen molar-refractivity contribution < 1.29 is 27.9 Å². The second-order valence-electron chi connectivity index (χ2n) is 4.33. The van der Waals surface area contributed by atoms with Crippen LogP contribution in [0.15, 0.2) is 23.1 Å². The summed E-state index contributed by atoms with van der Waals surface area (Å²) in [4.78, 5) is 9.03. The smallest absolute Gasteiger partial charge is 0.304 e. The Morgan fingerprint density at radius 1 is 1.30 bits per heavy atom. The molecule has 2 rings (SSSR count). The van der Waals surface area contributed by atoms with Crippen LogP contribution in [0.4, 0.5) is 10.1 Å². The van der Waals surface area contributed by atoms with Gasteiger partial charge < -0.3 is 10.2 Å². The highest BCUT2D eigenvalue weighted by Gasteiger charge is 2.38. The van der Waals surface area contributed by atoms with Gasteiger partial charge in [0.05, 0.1) is 22.0 Å². The molecule has 0 aliphatic carbocycles. The lowest BCUT2D eigenvalue weighted by Crippen LogP contribution is -2.30. The summed E-state index contributed by atoms with van der Waals surface area (Å²) in [5, 5.41) is 29.1. The van der Waals surface area contributed by atoms with E-state index in [4.69, 9.17) is 0 Å². The van der Waals surface area contributed by atoms with Crippen molar-refractivity contribution in [1.29, 1.82) is 0 Å². The topological polar surface area (TPSA) is 121 Å². The third-order valence-electron chi connectivity index (χ3n) is 2.98. The molecule has 0 saturated carbocycles. The summed E-state index contributed by atoms with van der Waals surface area (Å²) >= 11 is 0. The number of rotatable bonds is 3. The van der Waals surface area contributed by atoms with Gasteiger partial charge in [-0.1, -0.05) is 0 Å². The number of β-amino-alcohol motifs (C(OH)–C–C–N with tert-alkyl or cyclic N) is 2. The SMILES string of the molecule is O=[N+]([O-])c1ccc(S(=O)(=O)N2CC(O)C(O)C2)cc1F. The molecule has 1 aliphatic heterocycles. The average Bonchev–Trinajstić information content (AvgIpc) is 2.69. The van der Waals surface area contributed by atoms with Crippen molar-refractivity contribution in [3.05, 3.63) is 34.1 Å². The van der Waals surface area contributed by atoms with Gasteiger partial charge in [-0.25, -0.2) is 8.42 Å². The maximum atomic E-state index is 13.4. The van der Waals surface area contributed by atoms with Gasteiger partial charge in [0, 0.05) is 25.2 Å². The Hall–Kier alpha value is -1.62. The number of sulfonamides is 1. The molecular formula is C10H11FN2O6S. The van der Waals surface area contributed by atoms with E-state index in [1.165, 1.54) is 0 Å². The van der Waals surface area contributed by atoms with Crippen molar-refractivity contribution in [2.75, 3.05) is 13.1 Å². The Bertz CT molecular complexity index is 639. The quantitative estimate of drug-likeness (QED) is 0.571. The molecule has 0 spiro atoms. The van der Waals surface area contributed by atoms with Crippen LogP contribution in [0.1, 0.15) is 0 Å². The van der Waals surface area contributed by atoms with Crippen LogP contribution in [-0.2, 0) is 10.0 Å². The number of halogens is 1. The molecule has 1 aromatic rings. The third-order valence-corrected chi connectivity index (χ3v) is 4.81. The summed E-state index contributed by atoms with van der Waals surface area (Å²) in [6, 6.07) is 2.21. The fourth-order valence-corrected chi connectivity index (χ4v) is 3.37. The number of aliphatic hydroxyl groups excluding tert-OH is 2. The van der Waals surface area contributed by atoms with Crippen molar-refractivity contribution in [3.63, 3.8) is 0 Å². The molecule has 1 aliphatic rings. The Morgan fingerprint density at radius 2 is 1.85 bits per heavy atom. The number of nitro groups is 1. The summed E-state index contributed by atoms with van der Waals surface area (Å²) in [7, 11) is -4.12. The van der Waals surface area contributed by atoms with Gasteiger partial charge in [-0.2, -0.15) is 8.70 Å². The first-order valence-electron chi connectivity index (χ1n) is 5.53. The number of nitro benzene ring substituents is 1. The Balaban J connectivity index is 2.36. The van der Waals surface area contributed by atoms with Gasteiger partial charge in [0.2, 0.25) is 15.8 Å². The zero-order valence-electron chi connectivity index (χ0n) is 10.0. The van der Waals surface area contributed by atoms with Gasteiger partial charge in [-0.05, 0) is 6.07 Å². The zero-order chi connectivity index (χ0) is 15.1. The number of aliphatic hydroxyl groups is 2. The molecule has 1 heterocycles. The fraction of sp³-hybridized carbons (Fsp3) is 0.400. The molecule has 0 bridgehead atoms. The van der Waals surface area contributed by atoms with Gasteiger partial charge >= 0.3 is 5.69 Å². The van der Waals surface area contributed by atoms with Crippen LogP contribution in [0.25, 0.3) is 0 Å². The van der Waals surface area contributed by atoms with Crippen molar-refractivity contribution in [2.45, 2.75) is 17.1 Å². The van der Waals surface area contributed by atoms with Gasteiger partial charge in [-0.3, -0.25) is 10.1 Å². The van der Waals surface area contributed by atoms with E-state index in [9.17, 15) is 33.1 Å². The van der Waals surface area contributed by atoms with Crippen LogP contribution in [0.2, 0.25) is 0 Å². The number of benzene rings is 1. The molecule has 10 heteroatoms. The zero-order valence-corrected chi connectivity index (χ0v) is 10.8. The number of nitrogens with zero attached hydrogens (tertiary/aromatic N) is 2. The van der Waals surface area contributed by atoms with E-state index in [1.54, 1.807) is 0 Å². The monoisotopic (exact) mass is 306 g/mol. The lowest BCUT2D eigenvalue weighted by atomic mass is 10.3. The highest BCUT2D eigenvalue weighted by Crippen LogP contribution is 2.25. The molecule has 0 aromatic heterocycles. The van der Waals surface area contributed by atoms with Crippen LogP contribution in [0.3, 0.4) is 0 Å². The lowest BCUT2D eigenvalue weighted by molar-refractivity contribution is -0.387. The van der Waals surface area contributed by atoms with Crippen molar-refractivity contribution >= 4 is 15.7 Å². The van der Waals surface area contributed by atoms with E-state index in [2.05, 4.69) is 0 Å². The minimum Gasteiger partial charge on any atom is -0.389 e. The Morgan fingerprint density at radius 3 is 2.30 bits per heavy atom. The van der Waals surface area contributed by atoms with Crippen LogP contribution in [0, 0.1) is 15.9 Å². The molecule has 0 amide bonds. The van der Waals surface area contributed by atoms with E-state index in [-0.39, 0.29) is 13.1 Å². The number of hydrogen-bond acceptors (Lipinski definition) is 6. The molecular weight excluding hydrogens is 295 g/mol. The molecule has 1 fully saturated rings. The van der Waals surface area contributed by atoms with Gasteiger partial charge in [0.15, 0.2) is 0 Å². The molecule has 2 unspecified atom stereocenters. The Labute approximate surface area is 113 Å². The third kappa shape index (κ3) is 2.50.